The molecule has 2 aromatic carbocycles. The van der Waals surface area contributed by atoms with Crippen LogP contribution in [0.1, 0.15) is 5.56 Å². The van der Waals surface area contributed by atoms with Crippen LogP contribution in [-0.4, -0.2) is 7.11 Å². The molecule has 0 atom stereocenters. The molecule has 0 saturated carbocycles. The highest BCUT2D eigenvalue weighted by Crippen LogP contribution is 2.26. The summed E-state index contributed by atoms with van der Waals surface area (Å²) in [6.45, 7) is 0.471. The van der Waals surface area contributed by atoms with Crippen LogP contribution in [-0.2, 0) is 6.61 Å². The Morgan fingerprint density at radius 2 is 1.89 bits per heavy atom. The first-order chi connectivity index (χ1) is 8.70. The molecule has 2 rings (SSSR count). The van der Waals surface area contributed by atoms with Crippen molar-refractivity contribution >= 4 is 21.6 Å². The van der Waals surface area contributed by atoms with E-state index in [1.54, 1.807) is 7.11 Å². The van der Waals surface area contributed by atoms with Gasteiger partial charge in [-0.05, 0) is 45.8 Å². The van der Waals surface area contributed by atoms with Crippen molar-refractivity contribution in [2.24, 2.45) is 0 Å². The smallest absolute Gasteiger partial charge is 0.142 e. The number of nitrogen functional groups attached to an aromatic ring is 1. The SMILES string of the molecule is COc1cc(COc2ccccc2Br)ccc1N. The van der Waals surface area contributed by atoms with Gasteiger partial charge in [0.15, 0.2) is 0 Å². The van der Waals surface area contributed by atoms with Crippen LogP contribution in [0.2, 0.25) is 0 Å². The standard InChI is InChI=1S/C14H14BrNO2/c1-17-14-8-10(6-7-12(14)16)9-18-13-5-3-2-4-11(13)15/h2-8H,9,16H2,1H3. The fourth-order valence-corrected chi connectivity index (χ4v) is 1.97. The van der Waals surface area contributed by atoms with Crippen LogP contribution in [0.15, 0.2) is 46.9 Å². The van der Waals surface area contributed by atoms with Crippen LogP contribution in [0.5, 0.6) is 11.5 Å². The Balaban J connectivity index is 2.09. The van der Waals surface area contributed by atoms with E-state index in [2.05, 4.69) is 15.9 Å². The Morgan fingerprint density at radius 3 is 2.61 bits per heavy atom. The molecule has 2 aromatic rings. The molecule has 4 heteroatoms. The van der Waals surface area contributed by atoms with Crippen LogP contribution >= 0.6 is 15.9 Å². The molecule has 0 radical (unpaired) electrons. The molecule has 0 saturated heterocycles. The summed E-state index contributed by atoms with van der Waals surface area (Å²) in [5.41, 5.74) is 7.40. The highest BCUT2D eigenvalue weighted by molar-refractivity contribution is 9.10. The maximum Gasteiger partial charge on any atom is 0.142 e. The van der Waals surface area contributed by atoms with Gasteiger partial charge in [0.2, 0.25) is 0 Å². The Hall–Kier alpha value is -1.68. The number of methoxy groups -OCH3 is 1. The van der Waals surface area contributed by atoms with Crippen LogP contribution in [0, 0.1) is 0 Å². The van der Waals surface area contributed by atoms with Gasteiger partial charge in [0, 0.05) is 0 Å². The van der Waals surface area contributed by atoms with Crippen LogP contribution in [0.3, 0.4) is 0 Å². The van der Waals surface area contributed by atoms with Crippen molar-refractivity contribution in [2.45, 2.75) is 6.61 Å². The van der Waals surface area contributed by atoms with Crippen molar-refractivity contribution in [3.05, 3.63) is 52.5 Å². The number of halogens is 1. The van der Waals surface area contributed by atoms with Crippen molar-refractivity contribution in [1.29, 1.82) is 0 Å². The average molecular weight is 308 g/mol. The van der Waals surface area contributed by atoms with E-state index >= 15 is 0 Å². The highest BCUT2D eigenvalue weighted by Gasteiger charge is 2.03. The van der Waals surface area contributed by atoms with Gasteiger partial charge in [-0.2, -0.15) is 0 Å². The summed E-state index contributed by atoms with van der Waals surface area (Å²) >= 11 is 3.44. The number of nitrogens with two attached hydrogens (primary N) is 1. The molecule has 2 N–H and O–H groups in total. The van der Waals surface area contributed by atoms with Crippen molar-refractivity contribution < 1.29 is 9.47 Å². The van der Waals surface area contributed by atoms with Gasteiger partial charge in [-0.3, -0.25) is 0 Å². The monoisotopic (exact) mass is 307 g/mol. The predicted molar refractivity (Wildman–Crippen MR) is 75.9 cm³/mol. The zero-order valence-corrected chi connectivity index (χ0v) is 11.6. The highest BCUT2D eigenvalue weighted by atomic mass is 79.9. The summed E-state index contributed by atoms with van der Waals surface area (Å²) in [5.74, 6) is 1.48. The molecule has 3 nitrogen and oxygen atoms in total. The number of para-hydroxylation sites is 1. The molecule has 0 heterocycles. The van der Waals surface area contributed by atoms with Gasteiger partial charge < -0.3 is 15.2 Å². The van der Waals surface area contributed by atoms with Gasteiger partial charge in [0.1, 0.15) is 18.1 Å². The third kappa shape index (κ3) is 2.96. The molecule has 18 heavy (non-hydrogen) atoms. The molecule has 0 aromatic heterocycles. The lowest BCUT2D eigenvalue weighted by atomic mass is 10.2. The Bertz CT molecular complexity index is 543. The van der Waals surface area contributed by atoms with Crippen molar-refractivity contribution in [1.82, 2.24) is 0 Å². The van der Waals surface area contributed by atoms with Crippen molar-refractivity contribution in [2.75, 3.05) is 12.8 Å². The maximum absolute atomic E-state index is 5.76. The number of hydrogen-bond donors (Lipinski definition) is 1. The van der Waals surface area contributed by atoms with E-state index in [9.17, 15) is 0 Å². The Morgan fingerprint density at radius 1 is 1.11 bits per heavy atom. The lowest BCUT2D eigenvalue weighted by molar-refractivity contribution is 0.303. The Labute approximate surface area is 115 Å². The lowest BCUT2D eigenvalue weighted by Crippen LogP contribution is -1.98. The lowest BCUT2D eigenvalue weighted by Gasteiger charge is -2.10. The molecule has 0 spiro atoms. The topological polar surface area (TPSA) is 44.5 Å². The molecule has 0 aliphatic rings. The molecule has 0 bridgehead atoms. The average Bonchev–Trinajstić information content (AvgIpc) is 2.39. The van der Waals surface area contributed by atoms with Crippen LogP contribution in [0.4, 0.5) is 5.69 Å². The van der Waals surface area contributed by atoms with Gasteiger partial charge in [-0.25, -0.2) is 0 Å². The van der Waals surface area contributed by atoms with E-state index in [0.29, 0.717) is 18.0 Å². The minimum atomic E-state index is 0.471. The van der Waals surface area contributed by atoms with E-state index in [0.717, 1.165) is 15.8 Å². The zero-order valence-electron chi connectivity index (χ0n) is 10.0. The zero-order chi connectivity index (χ0) is 13.0. The first kappa shape index (κ1) is 12.8. The minimum Gasteiger partial charge on any atom is -0.495 e. The molecular formula is C14H14BrNO2. The summed E-state index contributed by atoms with van der Waals surface area (Å²) < 4.78 is 11.8. The largest absolute Gasteiger partial charge is 0.495 e. The fourth-order valence-electron chi connectivity index (χ4n) is 1.57. The second-order valence-corrected chi connectivity index (χ2v) is 4.65. The molecular weight excluding hydrogens is 294 g/mol. The van der Waals surface area contributed by atoms with E-state index in [-0.39, 0.29) is 0 Å². The second-order valence-electron chi connectivity index (χ2n) is 3.80. The van der Waals surface area contributed by atoms with E-state index < -0.39 is 0 Å². The van der Waals surface area contributed by atoms with E-state index in [1.807, 2.05) is 42.5 Å². The molecule has 0 unspecified atom stereocenters. The maximum atomic E-state index is 5.76. The van der Waals surface area contributed by atoms with E-state index in [1.165, 1.54) is 0 Å². The molecule has 94 valence electrons. The molecule has 0 fully saturated rings. The summed E-state index contributed by atoms with van der Waals surface area (Å²) in [6.07, 6.45) is 0. The van der Waals surface area contributed by atoms with Gasteiger partial charge >= 0.3 is 0 Å². The quantitative estimate of drug-likeness (QED) is 0.877. The fraction of sp³-hybridized carbons (Fsp3) is 0.143. The third-order valence-electron chi connectivity index (χ3n) is 2.53. The number of benzene rings is 2. The molecule has 0 aliphatic heterocycles. The predicted octanol–water partition coefficient (Wildman–Crippen LogP) is 3.62. The van der Waals surface area contributed by atoms with E-state index in [4.69, 9.17) is 15.2 Å². The second kappa shape index (κ2) is 5.78. The van der Waals surface area contributed by atoms with Gasteiger partial charge in [-0.1, -0.05) is 18.2 Å². The number of anilines is 1. The van der Waals surface area contributed by atoms with Gasteiger partial charge in [-0.15, -0.1) is 0 Å². The van der Waals surface area contributed by atoms with Crippen LogP contribution < -0.4 is 15.2 Å². The first-order valence-electron chi connectivity index (χ1n) is 5.50. The van der Waals surface area contributed by atoms with Gasteiger partial charge in [0.25, 0.3) is 0 Å². The van der Waals surface area contributed by atoms with Crippen molar-refractivity contribution in [3.63, 3.8) is 0 Å². The summed E-state index contributed by atoms with van der Waals surface area (Å²) in [6, 6.07) is 13.4. The molecule has 0 amide bonds. The summed E-state index contributed by atoms with van der Waals surface area (Å²) in [4.78, 5) is 0. The first-order valence-corrected chi connectivity index (χ1v) is 6.29. The summed E-state index contributed by atoms with van der Waals surface area (Å²) in [5, 5.41) is 0. The minimum absolute atomic E-state index is 0.471. The normalized spacial score (nSPS) is 10.1. The number of hydrogen-bond acceptors (Lipinski definition) is 3. The van der Waals surface area contributed by atoms with Crippen molar-refractivity contribution in [3.8, 4) is 11.5 Å². The Kier molecular flexibility index (Phi) is 4.10. The van der Waals surface area contributed by atoms with Crippen LogP contribution in [0.25, 0.3) is 0 Å². The number of rotatable bonds is 4. The summed E-state index contributed by atoms with van der Waals surface area (Å²) in [7, 11) is 1.60. The third-order valence-corrected chi connectivity index (χ3v) is 3.18. The number of ether oxygens (including phenoxy) is 2. The van der Waals surface area contributed by atoms with Gasteiger partial charge in [0.05, 0.1) is 17.3 Å². The molecule has 0 aliphatic carbocycles.